The fourth-order valence-electron chi connectivity index (χ4n) is 3.76. The Kier molecular flexibility index (Phi) is 7.46. The van der Waals surface area contributed by atoms with Crippen LogP contribution >= 0.6 is 0 Å². The Balaban J connectivity index is 1.55. The van der Waals surface area contributed by atoms with Crippen molar-refractivity contribution in [2.45, 2.75) is 25.8 Å². The highest BCUT2D eigenvalue weighted by molar-refractivity contribution is 5.92. The van der Waals surface area contributed by atoms with E-state index < -0.39 is 23.4 Å². The van der Waals surface area contributed by atoms with Gasteiger partial charge in [-0.25, -0.2) is 13.8 Å². The van der Waals surface area contributed by atoms with Gasteiger partial charge in [0.15, 0.2) is 5.69 Å². The molecule has 1 fully saturated rings. The first-order chi connectivity index (χ1) is 16.7. The van der Waals surface area contributed by atoms with Crippen LogP contribution in [0.5, 0.6) is 0 Å². The van der Waals surface area contributed by atoms with Crippen molar-refractivity contribution in [3.63, 3.8) is 0 Å². The summed E-state index contributed by atoms with van der Waals surface area (Å²) in [7, 11) is 0. The summed E-state index contributed by atoms with van der Waals surface area (Å²) in [6, 6.07) is 7.90. The number of hydrogen-bond acceptors (Lipinski definition) is 5. The second kappa shape index (κ2) is 10.5. The average Bonchev–Trinajstić information content (AvgIpc) is 3.29. The zero-order valence-corrected chi connectivity index (χ0v) is 18.5. The number of hydrogen-bond donors (Lipinski definition) is 0. The van der Waals surface area contributed by atoms with Gasteiger partial charge in [0.1, 0.15) is 17.9 Å². The number of oxazole rings is 1. The van der Waals surface area contributed by atoms with Crippen LogP contribution in [0.3, 0.4) is 0 Å². The lowest BCUT2D eigenvalue weighted by Gasteiger charge is -2.25. The predicted octanol–water partition coefficient (Wildman–Crippen LogP) is 4.65. The maximum atomic E-state index is 14.3. The van der Waals surface area contributed by atoms with Gasteiger partial charge in [0.25, 0.3) is 5.91 Å². The number of morpholine rings is 1. The molecule has 35 heavy (non-hydrogen) atoms. The first kappa shape index (κ1) is 24.8. The van der Waals surface area contributed by atoms with Crippen molar-refractivity contribution in [3.05, 3.63) is 88.6 Å². The van der Waals surface area contributed by atoms with E-state index in [0.717, 1.165) is 24.3 Å². The second-order valence-electron chi connectivity index (χ2n) is 8.11. The molecule has 0 N–H and O–H groups in total. The maximum absolute atomic E-state index is 14.3. The van der Waals surface area contributed by atoms with E-state index in [2.05, 4.69) is 4.98 Å². The molecule has 11 heteroatoms. The minimum atomic E-state index is -4.51. The topological polar surface area (TPSA) is 58.8 Å². The number of carbonyl (C=O) groups is 1. The Hall–Kier alpha value is -3.31. The molecule has 0 spiro atoms. The molecule has 1 saturated heterocycles. The molecule has 0 aliphatic carbocycles. The van der Waals surface area contributed by atoms with Crippen molar-refractivity contribution < 1.29 is 35.9 Å². The zero-order valence-electron chi connectivity index (χ0n) is 18.5. The molecule has 0 bridgehead atoms. The summed E-state index contributed by atoms with van der Waals surface area (Å²) in [5.41, 5.74) is -0.237. The second-order valence-corrected chi connectivity index (χ2v) is 8.11. The van der Waals surface area contributed by atoms with Crippen LogP contribution in [0.4, 0.5) is 22.0 Å². The molecule has 1 aliphatic rings. The van der Waals surface area contributed by atoms with E-state index in [9.17, 15) is 26.7 Å². The minimum Gasteiger partial charge on any atom is -0.447 e. The van der Waals surface area contributed by atoms with Crippen LogP contribution in [0, 0.1) is 11.6 Å². The van der Waals surface area contributed by atoms with Crippen molar-refractivity contribution in [1.29, 1.82) is 0 Å². The van der Waals surface area contributed by atoms with E-state index in [0.29, 0.717) is 31.9 Å². The molecule has 1 amide bonds. The molecule has 0 saturated carbocycles. The summed E-state index contributed by atoms with van der Waals surface area (Å²) >= 11 is 0. The van der Waals surface area contributed by atoms with Gasteiger partial charge in [0.2, 0.25) is 5.89 Å². The van der Waals surface area contributed by atoms with Gasteiger partial charge in [-0.15, -0.1) is 0 Å². The molecule has 6 nitrogen and oxygen atoms in total. The smallest absolute Gasteiger partial charge is 0.416 e. The van der Waals surface area contributed by atoms with E-state index in [-0.39, 0.29) is 42.7 Å². The van der Waals surface area contributed by atoms with E-state index >= 15 is 0 Å². The highest BCUT2D eigenvalue weighted by Gasteiger charge is 2.30. The van der Waals surface area contributed by atoms with E-state index in [1.54, 1.807) is 9.80 Å². The predicted molar refractivity (Wildman–Crippen MR) is 114 cm³/mol. The number of rotatable bonds is 7. The zero-order chi connectivity index (χ0) is 25.0. The number of ether oxygens (including phenoxy) is 1. The molecular formula is C24H22F5N3O3. The third-order valence-corrected chi connectivity index (χ3v) is 5.50. The van der Waals surface area contributed by atoms with Gasteiger partial charge in [-0.05, 0) is 17.7 Å². The Bertz CT molecular complexity index is 1180. The van der Waals surface area contributed by atoms with Crippen molar-refractivity contribution in [2.75, 3.05) is 26.3 Å². The summed E-state index contributed by atoms with van der Waals surface area (Å²) in [6.45, 7) is 1.60. The van der Waals surface area contributed by atoms with Crippen LogP contribution in [0.15, 0.2) is 53.1 Å². The third kappa shape index (κ3) is 6.43. The monoisotopic (exact) mass is 495 g/mol. The first-order valence-electron chi connectivity index (χ1n) is 10.8. The standard InChI is InChI=1S/C24H22F5N3O3/c25-19-5-4-17(20(26)11-19)13-31(12-16-2-1-3-18(10-16)24(27,28)29)14-22-30-21(15-35-22)23(33)32-6-8-34-9-7-32/h1-5,10-11,15H,6-9,12-14H2. The SMILES string of the molecule is O=C(c1coc(CN(Cc2cccc(C(F)(F)F)c2)Cc2ccc(F)cc2F)n1)N1CCOCC1. The molecule has 3 aromatic rings. The van der Waals surface area contributed by atoms with Gasteiger partial charge in [0, 0.05) is 37.8 Å². The lowest BCUT2D eigenvalue weighted by Crippen LogP contribution is -2.40. The van der Waals surface area contributed by atoms with Gasteiger partial charge in [-0.3, -0.25) is 9.69 Å². The largest absolute Gasteiger partial charge is 0.447 e. The summed E-state index contributed by atoms with van der Waals surface area (Å²) in [4.78, 5) is 20.0. The quantitative estimate of drug-likeness (QED) is 0.447. The molecule has 0 atom stereocenters. The van der Waals surface area contributed by atoms with Crippen molar-refractivity contribution in [1.82, 2.24) is 14.8 Å². The lowest BCUT2D eigenvalue weighted by atomic mass is 10.1. The van der Waals surface area contributed by atoms with Gasteiger partial charge in [-0.2, -0.15) is 13.2 Å². The summed E-state index contributed by atoms with van der Waals surface area (Å²) < 4.78 is 77.8. The lowest BCUT2D eigenvalue weighted by molar-refractivity contribution is -0.137. The van der Waals surface area contributed by atoms with Crippen LogP contribution in [0.2, 0.25) is 0 Å². The Morgan fingerprint density at radius 3 is 2.51 bits per heavy atom. The Morgan fingerprint density at radius 1 is 1.03 bits per heavy atom. The minimum absolute atomic E-state index is 0.00411. The Labute approximate surface area is 197 Å². The molecular weight excluding hydrogens is 473 g/mol. The fraction of sp³-hybridized carbons (Fsp3) is 0.333. The number of halogens is 5. The molecule has 0 unspecified atom stereocenters. The van der Waals surface area contributed by atoms with Crippen LogP contribution in [0.1, 0.15) is 33.1 Å². The van der Waals surface area contributed by atoms with Gasteiger partial charge in [-0.1, -0.05) is 24.3 Å². The number of nitrogens with zero attached hydrogens (tertiary/aromatic N) is 3. The van der Waals surface area contributed by atoms with E-state index in [1.165, 1.54) is 24.5 Å². The molecule has 2 heterocycles. The van der Waals surface area contributed by atoms with Crippen LogP contribution < -0.4 is 0 Å². The third-order valence-electron chi connectivity index (χ3n) is 5.50. The maximum Gasteiger partial charge on any atom is 0.416 e. The normalized spacial score (nSPS) is 14.5. The van der Waals surface area contributed by atoms with Crippen LogP contribution in [0.25, 0.3) is 0 Å². The van der Waals surface area contributed by atoms with Crippen molar-refractivity contribution in [2.24, 2.45) is 0 Å². The molecule has 0 radical (unpaired) electrons. The number of carbonyl (C=O) groups excluding carboxylic acids is 1. The molecule has 2 aromatic carbocycles. The molecule has 1 aliphatic heterocycles. The summed E-state index contributed by atoms with van der Waals surface area (Å²) in [5.74, 6) is -1.71. The number of amides is 1. The van der Waals surface area contributed by atoms with Crippen molar-refractivity contribution in [3.8, 4) is 0 Å². The Morgan fingerprint density at radius 2 is 1.80 bits per heavy atom. The molecule has 4 rings (SSSR count). The fourth-order valence-corrected chi connectivity index (χ4v) is 3.76. The van der Waals surface area contributed by atoms with E-state index in [1.807, 2.05) is 0 Å². The summed E-state index contributed by atoms with van der Waals surface area (Å²) in [5, 5.41) is 0. The highest BCUT2D eigenvalue weighted by Crippen LogP contribution is 2.30. The van der Waals surface area contributed by atoms with Gasteiger partial charge >= 0.3 is 6.18 Å². The van der Waals surface area contributed by atoms with Gasteiger partial charge in [0.05, 0.1) is 25.3 Å². The number of aromatic nitrogens is 1. The summed E-state index contributed by atoms with van der Waals surface area (Å²) in [6.07, 6.45) is -3.30. The average molecular weight is 495 g/mol. The molecule has 1 aromatic heterocycles. The van der Waals surface area contributed by atoms with Crippen LogP contribution in [-0.4, -0.2) is 47.0 Å². The van der Waals surface area contributed by atoms with Gasteiger partial charge < -0.3 is 14.1 Å². The first-order valence-corrected chi connectivity index (χ1v) is 10.8. The molecule has 186 valence electrons. The number of benzene rings is 2. The highest BCUT2D eigenvalue weighted by atomic mass is 19.4. The number of alkyl halides is 3. The van der Waals surface area contributed by atoms with Crippen molar-refractivity contribution >= 4 is 5.91 Å². The van der Waals surface area contributed by atoms with E-state index in [4.69, 9.17) is 9.15 Å². The van der Waals surface area contributed by atoms with Crippen LogP contribution in [-0.2, 0) is 30.5 Å².